The Morgan fingerprint density at radius 3 is 2.48 bits per heavy atom. The van der Waals surface area contributed by atoms with Crippen molar-refractivity contribution in [2.24, 2.45) is 7.05 Å². The maximum atomic E-state index is 12.2. The molecule has 0 bridgehead atoms. The van der Waals surface area contributed by atoms with Gasteiger partial charge in [-0.1, -0.05) is 37.0 Å². The number of aromatic nitrogens is 5. The lowest BCUT2D eigenvalue weighted by molar-refractivity contribution is 0.437. The van der Waals surface area contributed by atoms with Gasteiger partial charge in [-0.2, -0.15) is 5.10 Å². The molecule has 1 aromatic carbocycles. The Balaban J connectivity index is 2.11. The van der Waals surface area contributed by atoms with Crippen molar-refractivity contribution in [3.05, 3.63) is 64.5 Å². The van der Waals surface area contributed by atoms with E-state index < -0.39 is 11.2 Å². The van der Waals surface area contributed by atoms with Crippen LogP contribution in [0.15, 0.2) is 26.5 Å². The smallest absolute Gasteiger partial charge is 0.342 e. The number of hydrogen-bond donors (Lipinski definition) is 2. The maximum absolute atomic E-state index is 12.2. The van der Waals surface area contributed by atoms with Crippen LogP contribution < -0.4 is 21.5 Å². The lowest BCUT2D eigenvalue weighted by Gasteiger charge is -2.15. The van der Waals surface area contributed by atoms with Gasteiger partial charge in [-0.3, -0.25) is 14.6 Å². The Morgan fingerprint density at radius 2 is 1.86 bits per heavy atom. The molecule has 0 saturated carbocycles. The van der Waals surface area contributed by atoms with Crippen LogP contribution >= 0.6 is 23.2 Å². The van der Waals surface area contributed by atoms with Gasteiger partial charge in [0.1, 0.15) is 0 Å². The molecule has 9 nitrogen and oxygen atoms in total. The van der Waals surface area contributed by atoms with Crippen molar-refractivity contribution in [3.8, 4) is 22.9 Å². The minimum atomic E-state index is -0.727. The summed E-state index contributed by atoms with van der Waals surface area (Å²) in [7, 11) is 1.52. The van der Waals surface area contributed by atoms with Crippen LogP contribution in [0.3, 0.4) is 0 Å². The quantitative estimate of drug-likeness (QED) is 0.646. The van der Waals surface area contributed by atoms with Crippen LogP contribution in [0.4, 0.5) is 0 Å². The van der Waals surface area contributed by atoms with E-state index in [4.69, 9.17) is 27.9 Å². The Kier molecular flexibility index (Phi) is 5.63. The fraction of sp³-hybridized carbons (Fsp3) is 0.278. The largest absolute Gasteiger partial charge is 0.434 e. The third-order valence-electron chi connectivity index (χ3n) is 4.28. The molecule has 11 heteroatoms. The highest BCUT2D eigenvalue weighted by Crippen LogP contribution is 2.41. The lowest BCUT2D eigenvalue weighted by Crippen LogP contribution is -2.25. The first-order valence-electron chi connectivity index (χ1n) is 8.54. The van der Waals surface area contributed by atoms with Gasteiger partial charge in [0, 0.05) is 24.2 Å². The zero-order valence-corrected chi connectivity index (χ0v) is 17.5. The molecule has 0 aliphatic heterocycles. The van der Waals surface area contributed by atoms with Crippen molar-refractivity contribution >= 4 is 23.2 Å². The van der Waals surface area contributed by atoms with Crippen molar-refractivity contribution in [1.29, 1.82) is 0 Å². The fourth-order valence-electron chi connectivity index (χ4n) is 2.74. The van der Waals surface area contributed by atoms with Gasteiger partial charge in [0.05, 0.1) is 10.0 Å². The number of halogens is 2. The number of hydrogen-bond acceptors (Lipinski definition) is 6. The first-order valence-corrected chi connectivity index (χ1v) is 9.29. The molecule has 2 N–H and O–H groups in total. The van der Waals surface area contributed by atoms with E-state index in [1.807, 2.05) is 13.8 Å². The number of aryl methyl sites for hydroxylation is 1. The van der Waals surface area contributed by atoms with Crippen molar-refractivity contribution in [2.75, 3.05) is 0 Å². The van der Waals surface area contributed by atoms with Crippen LogP contribution in [-0.2, 0) is 7.05 Å². The van der Waals surface area contributed by atoms with E-state index in [1.54, 1.807) is 6.92 Å². The average Bonchev–Trinajstić information content (AvgIpc) is 2.64. The summed E-state index contributed by atoms with van der Waals surface area (Å²) >= 11 is 12.8. The molecule has 3 rings (SSSR count). The highest BCUT2D eigenvalue weighted by atomic mass is 35.5. The van der Waals surface area contributed by atoms with E-state index >= 15 is 0 Å². The molecule has 3 aromatic rings. The minimum absolute atomic E-state index is 0.0351. The summed E-state index contributed by atoms with van der Waals surface area (Å²) in [6.07, 6.45) is 0. The molecule has 0 aliphatic carbocycles. The standard InChI is InChI=1S/C18H17Cl2N5O4/c1-7(2)9-6-12(24-25(4)17(9)27)29-15-11(19)5-10(8(3)13(15)20)14-16(26)21-18(28)23-22-14/h5-7H,1-4H3,(H2,21,23,26,28). The zero-order valence-electron chi connectivity index (χ0n) is 16.0. The highest BCUT2D eigenvalue weighted by Gasteiger charge is 2.20. The average molecular weight is 438 g/mol. The Morgan fingerprint density at radius 1 is 1.17 bits per heavy atom. The van der Waals surface area contributed by atoms with E-state index in [1.165, 1.54) is 23.9 Å². The van der Waals surface area contributed by atoms with Crippen LogP contribution in [0.25, 0.3) is 11.3 Å². The van der Waals surface area contributed by atoms with Crippen LogP contribution in [0.5, 0.6) is 11.6 Å². The molecule has 0 atom stereocenters. The van der Waals surface area contributed by atoms with E-state index in [0.29, 0.717) is 16.7 Å². The monoisotopic (exact) mass is 437 g/mol. The molecule has 0 aliphatic rings. The Labute approximate surface area is 174 Å². The minimum Gasteiger partial charge on any atom is -0.434 e. The topological polar surface area (TPSA) is 123 Å². The summed E-state index contributed by atoms with van der Waals surface area (Å²) in [4.78, 5) is 37.5. The second kappa shape index (κ2) is 7.84. The number of nitrogens with zero attached hydrogens (tertiary/aromatic N) is 3. The molecule has 152 valence electrons. The number of ether oxygens (including phenoxy) is 1. The molecule has 0 saturated heterocycles. The number of H-pyrrole nitrogens is 2. The van der Waals surface area contributed by atoms with E-state index in [0.717, 1.165) is 0 Å². The molecule has 2 aromatic heterocycles. The van der Waals surface area contributed by atoms with Gasteiger partial charge in [0.25, 0.3) is 11.1 Å². The van der Waals surface area contributed by atoms with Gasteiger partial charge in [-0.05, 0) is 24.5 Å². The molecule has 0 amide bonds. The predicted molar refractivity (Wildman–Crippen MR) is 109 cm³/mol. The van der Waals surface area contributed by atoms with Crippen molar-refractivity contribution < 1.29 is 4.74 Å². The van der Waals surface area contributed by atoms with Gasteiger partial charge < -0.3 is 4.74 Å². The van der Waals surface area contributed by atoms with Gasteiger partial charge >= 0.3 is 5.69 Å². The Bertz CT molecular complexity index is 1280. The molecule has 0 fully saturated rings. The van der Waals surface area contributed by atoms with Gasteiger partial charge in [-0.15, -0.1) is 5.10 Å². The normalized spacial score (nSPS) is 11.1. The summed E-state index contributed by atoms with van der Waals surface area (Å²) in [6, 6.07) is 3.00. The zero-order chi connectivity index (χ0) is 21.5. The van der Waals surface area contributed by atoms with Crippen LogP contribution in [0.2, 0.25) is 10.0 Å². The summed E-state index contributed by atoms with van der Waals surface area (Å²) in [6.45, 7) is 5.42. The molecule has 2 heterocycles. The molecular weight excluding hydrogens is 421 g/mol. The molecule has 0 radical (unpaired) electrons. The van der Waals surface area contributed by atoms with E-state index in [-0.39, 0.29) is 38.8 Å². The predicted octanol–water partition coefficient (Wildman–Crippen LogP) is 2.75. The van der Waals surface area contributed by atoms with Crippen LogP contribution in [0.1, 0.15) is 30.9 Å². The highest BCUT2D eigenvalue weighted by molar-refractivity contribution is 6.38. The third kappa shape index (κ3) is 3.96. The number of nitrogens with one attached hydrogen (secondary N) is 2. The van der Waals surface area contributed by atoms with Gasteiger partial charge in [0.15, 0.2) is 11.4 Å². The van der Waals surface area contributed by atoms with Gasteiger partial charge in [0.2, 0.25) is 5.88 Å². The lowest BCUT2D eigenvalue weighted by atomic mass is 10.1. The van der Waals surface area contributed by atoms with E-state index in [2.05, 4.69) is 20.3 Å². The summed E-state index contributed by atoms with van der Waals surface area (Å²) in [5.41, 5.74) is -0.346. The van der Waals surface area contributed by atoms with Crippen molar-refractivity contribution in [2.45, 2.75) is 26.7 Å². The SMILES string of the molecule is Cc1c(-c2n[nH]c(=O)[nH]c2=O)cc(Cl)c(Oc2cc(C(C)C)c(=O)n(C)n2)c1Cl. The third-order valence-corrected chi connectivity index (χ3v) is 5.02. The Hall–Kier alpha value is -2.91. The maximum Gasteiger partial charge on any atom is 0.342 e. The second-order valence-electron chi connectivity index (χ2n) is 6.65. The first-order chi connectivity index (χ1) is 13.6. The molecular formula is C18H17Cl2N5O4. The van der Waals surface area contributed by atoms with Crippen LogP contribution in [0, 0.1) is 6.92 Å². The molecule has 0 unspecified atom stereocenters. The summed E-state index contributed by atoms with van der Waals surface area (Å²) in [5.74, 6) is 0.232. The fourth-order valence-corrected chi connectivity index (χ4v) is 3.27. The van der Waals surface area contributed by atoms with Crippen LogP contribution in [-0.4, -0.2) is 25.0 Å². The first kappa shape index (κ1) is 20.8. The second-order valence-corrected chi connectivity index (χ2v) is 7.44. The van der Waals surface area contributed by atoms with Gasteiger partial charge in [-0.25, -0.2) is 14.6 Å². The molecule has 29 heavy (non-hydrogen) atoms. The molecule has 0 spiro atoms. The van der Waals surface area contributed by atoms with Crippen molar-refractivity contribution in [3.63, 3.8) is 0 Å². The summed E-state index contributed by atoms with van der Waals surface area (Å²) in [5, 5.41) is 10.3. The van der Waals surface area contributed by atoms with Crippen molar-refractivity contribution in [1.82, 2.24) is 25.0 Å². The number of aromatic amines is 2. The number of rotatable bonds is 4. The number of benzene rings is 1. The van der Waals surface area contributed by atoms with E-state index in [9.17, 15) is 14.4 Å². The summed E-state index contributed by atoms with van der Waals surface area (Å²) < 4.78 is 6.97.